The second kappa shape index (κ2) is 9.27. The van der Waals surface area contributed by atoms with E-state index in [0.717, 1.165) is 11.1 Å². The SMILES string of the molecule is C=CCOc1ccccc1C(=O)NNC(=O)COc1cc(C)ccc1C. The number of hydrazine groups is 1. The number of aryl methyl sites for hydroxylation is 2. The van der Waals surface area contributed by atoms with Crippen molar-refractivity contribution in [1.29, 1.82) is 0 Å². The number of para-hydroxylation sites is 1. The third kappa shape index (κ3) is 5.37. The van der Waals surface area contributed by atoms with E-state index in [4.69, 9.17) is 9.47 Å². The molecule has 2 N–H and O–H groups in total. The Morgan fingerprint density at radius 1 is 1.04 bits per heavy atom. The predicted molar refractivity (Wildman–Crippen MR) is 99.2 cm³/mol. The normalized spacial score (nSPS) is 9.92. The van der Waals surface area contributed by atoms with Gasteiger partial charge in [0, 0.05) is 0 Å². The smallest absolute Gasteiger partial charge is 0.276 e. The second-order valence-corrected chi connectivity index (χ2v) is 5.66. The highest BCUT2D eigenvalue weighted by Crippen LogP contribution is 2.19. The highest BCUT2D eigenvalue weighted by Gasteiger charge is 2.13. The van der Waals surface area contributed by atoms with Gasteiger partial charge in [0.05, 0.1) is 5.56 Å². The average Bonchev–Trinajstić information content (AvgIpc) is 2.65. The molecule has 136 valence electrons. The van der Waals surface area contributed by atoms with Gasteiger partial charge >= 0.3 is 0 Å². The third-order valence-electron chi connectivity index (χ3n) is 3.51. The van der Waals surface area contributed by atoms with Crippen molar-refractivity contribution < 1.29 is 19.1 Å². The van der Waals surface area contributed by atoms with E-state index < -0.39 is 11.8 Å². The lowest BCUT2D eigenvalue weighted by Crippen LogP contribution is -2.44. The third-order valence-corrected chi connectivity index (χ3v) is 3.51. The molecule has 0 bridgehead atoms. The Bertz CT molecular complexity index is 802. The fraction of sp³-hybridized carbons (Fsp3) is 0.200. The number of benzene rings is 2. The molecule has 2 aromatic rings. The van der Waals surface area contributed by atoms with Gasteiger partial charge in [-0.25, -0.2) is 0 Å². The van der Waals surface area contributed by atoms with Crippen molar-refractivity contribution in [2.45, 2.75) is 13.8 Å². The first-order chi connectivity index (χ1) is 12.5. The van der Waals surface area contributed by atoms with Crippen LogP contribution in [-0.2, 0) is 4.79 Å². The van der Waals surface area contributed by atoms with Crippen LogP contribution in [0.3, 0.4) is 0 Å². The monoisotopic (exact) mass is 354 g/mol. The van der Waals surface area contributed by atoms with Crippen molar-refractivity contribution >= 4 is 11.8 Å². The summed E-state index contributed by atoms with van der Waals surface area (Å²) < 4.78 is 10.9. The van der Waals surface area contributed by atoms with Gasteiger partial charge in [-0.2, -0.15) is 0 Å². The molecule has 0 aromatic heterocycles. The molecule has 0 radical (unpaired) electrons. The maximum Gasteiger partial charge on any atom is 0.276 e. The van der Waals surface area contributed by atoms with Crippen LogP contribution in [0.2, 0.25) is 0 Å². The standard InChI is InChI=1S/C20H22N2O4/c1-4-11-25-17-8-6-5-7-16(17)20(24)22-21-19(23)13-26-18-12-14(2)9-10-15(18)3/h4-10,12H,1,11,13H2,2-3H3,(H,21,23)(H,22,24). The molecule has 6 heteroatoms. The number of carbonyl (C=O) groups excluding carboxylic acids is 2. The van der Waals surface area contributed by atoms with Crippen LogP contribution in [0.1, 0.15) is 21.5 Å². The van der Waals surface area contributed by atoms with Crippen LogP contribution in [0.4, 0.5) is 0 Å². The lowest BCUT2D eigenvalue weighted by atomic mass is 10.1. The largest absolute Gasteiger partial charge is 0.489 e. The minimum absolute atomic E-state index is 0.209. The summed E-state index contributed by atoms with van der Waals surface area (Å²) in [5.74, 6) is 0.0916. The van der Waals surface area contributed by atoms with Crippen LogP contribution in [-0.4, -0.2) is 25.0 Å². The van der Waals surface area contributed by atoms with Crippen LogP contribution in [0, 0.1) is 13.8 Å². The summed E-state index contributed by atoms with van der Waals surface area (Å²) in [7, 11) is 0. The van der Waals surface area contributed by atoms with Crippen molar-refractivity contribution in [3.63, 3.8) is 0 Å². The van der Waals surface area contributed by atoms with Crippen LogP contribution < -0.4 is 20.3 Å². The van der Waals surface area contributed by atoms with E-state index in [2.05, 4.69) is 17.4 Å². The van der Waals surface area contributed by atoms with Crippen LogP contribution in [0.15, 0.2) is 55.1 Å². The number of rotatable bonds is 7. The molecule has 0 spiro atoms. The fourth-order valence-corrected chi connectivity index (χ4v) is 2.16. The van der Waals surface area contributed by atoms with Crippen molar-refractivity contribution in [2.24, 2.45) is 0 Å². The minimum atomic E-state index is -0.482. The number of amides is 2. The number of hydrogen-bond acceptors (Lipinski definition) is 4. The van der Waals surface area contributed by atoms with Crippen molar-refractivity contribution in [1.82, 2.24) is 10.9 Å². The Hall–Kier alpha value is -3.28. The minimum Gasteiger partial charge on any atom is -0.489 e. The average molecular weight is 354 g/mol. The van der Waals surface area contributed by atoms with Gasteiger partial charge < -0.3 is 9.47 Å². The highest BCUT2D eigenvalue weighted by molar-refractivity contribution is 5.97. The summed E-state index contributed by atoms with van der Waals surface area (Å²) in [4.78, 5) is 24.1. The maximum absolute atomic E-state index is 12.2. The Kier molecular flexibility index (Phi) is 6.79. The summed E-state index contributed by atoms with van der Waals surface area (Å²) in [5, 5.41) is 0. The number of hydrogen-bond donors (Lipinski definition) is 2. The fourth-order valence-electron chi connectivity index (χ4n) is 2.16. The lowest BCUT2D eigenvalue weighted by molar-refractivity contribution is -0.123. The van der Waals surface area contributed by atoms with Gasteiger partial charge in [-0.05, 0) is 43.2 Å². The van der Waals surface area contributed by atoms with Crippen LogP contribution >= 0.6 is 0 Å². The van der Waals surface area contributed by atoms with E-state index in [1.807, 2.05) is 32.0 Å². The second-order valence-electron chi connectivity index (χ2n) is 5.66. The topological polar surface area (TPSA) is 76.7 Å². The molecule has 6 nitrogen and oxygen atoms in total. The summed E-state index contributed by atoms with van der Waals surface area (Å²) >= 11 is 0. The first-order valence-corrected chi connectivity index (χ1v) is 8.13. The molecule has 0 fully saturated rings. The molecule has 0 aliphatic carbocycles. The van der Waals surface area contributed by atoms with Gasteiger partial charge in [-0.3, -0.25) is 20.4 Å². The van der Waals surface area contributed by atoms with Gasteiger partial charge in [0.15, 0.2) is 6.61 Å². The molecule has 0 saturated carbocycles. The van der Waals surface area contributed by atoms with Crippen molar-refractivity contribution in [3.8, 4) is 11.5 Å². The molecule has 0 saturated heterocycles. The van der Waals surface area contributed by atoms with Crippen molar-refractivity contribution in [3.05, 3.63) is 71.8 Å². The van der Waals surface area contributed by atoms with E-state index in [0.29, 0.717) is 17.1 Å². The zero-order valence-corrected chi connectivity index (χ0v) is 14.9. The summed E-state index contributed by atoms with van der Waals surface area (Å²) in [6.07, 6.45) is 1.58. The summed E-state index contributed by atoms with van der Waals surface area (Å²) in [6, 6.07) is 12.5. The zero-order chi connectivity index (χ0) is 18.9. The van der Waals surface area contributed by atoms with E-state index in [-0.39, 0.29) is 13.2 Å². The molecule has 2 rings (SSSR count). The zero-order valence-electron chi connectivity index (χ0n) is 14.9. The Morgan fingerprint density at radius 2 is 1.81 bits per heavy atom. The molecular formula is C20H22N2O4. The number of ether oxygens (including phenoxy) is 2. The molecule has 0 atom stereocenters. The molecular weight excluding hydrogens is 332 g/mol. The Labute approximate surface area is 152 Å². The first-order valence-electron chi connectivity index (χ1n) is 8.13. The van der Waals surface area contributed by atoms with E-state index in [1.54, 1.807) is 30.3 Å². The first kappa shape index (κ1) is 19.1. The lowest BCUT2D eigenvalue weighted by Gasteiger charge is -2.12. The summed E-state index contributed by atoms with van der Waals surface area (Å²) in [6.45, 7) is 7.48. The Morgan fingerprint density at radius 3 is 2.58 bits per heavy atom. The van der Waals surface area contributed by atoms with Crippen LogP contribution in [0.25, 0.3) is 0 Å². The van der Waals surface area contributed by atoms with E-state index in [1.165, 1.54) is 0 Å². The van der Waals surface area contributed by atoms with Gasteiger partial charge in [-0.1, -0.05) is 36.9 Å². The molecule has 0 unspecified atom stereocenters. The Balaban J connectivity index is 1.88. The van der Waals surface area contributed by atoms with E-state index in [9.17, 15) is 9.59 Å². The van der Waals surface area contributed by atoms with Gasteiger partial charge in [0.25, 0.3) is 11.8 Å². The molecule has 0 heterocycles. The molecule has 2 aromatic carbocycles. The summed E-state index contributed by atoms with van der Waals surface area (Å²) in [5.41, 5.74) is 6.96. The van der Waals surface area contributed by atoms with Crippen molar-refractivity contribution in [2.75, 3.05) is 13.2 Å². The maximum atomic E-state index is 12.2. The highest BCUT2D eigenvalue weighted by atomic mass is 16.5. The predicted octanol–water partition coefficient (Wildman–Crippen LogP) is 2.71. The quantitative estimate of drug-likeness (QED) is 0.592. The molecule has 0 aliphatic heterocycles. The van der Waals surface area contributed by atoms with Crippen LogP contribution in [0.5, 0.6) is 11.5 Å². The number of nitrogens with one attached hydrogen (secondary N) is 2. The molecule has 26 heavy (non-hydrogen) atoms. The van der Waals surface area contributed by atoms with Gasteiger partial charge in [0.2, 0.25) is 0 Å². The van der Waals surface area contributed by atoms with Gasteiger partial charge in [-0.15, -0.1) is 0 Å². The number of carbonyl (C=O) groups is 2. The van der Waals surface area contributed by atoms with Gasteiger partial charge in [0.1, 0.15) is 18.1 Å². The molecule has 2 amide bonds. The molecule has 0 aliphatic rings. The van der Waals surface area contributed by atoms with E-state index >= 15 is 0 Å².